The molecular weight excluding hydrogens is 246 g/mol. The highest BCUT2D eigenvalue weighted by atomic mass is 16.5. The second-order valence-corrected chi connectivity index (χ2v) is 6.59. The smallest absolute Gasteiger partial charge is 0.122 e. The first-order chi connectivity index (χ1) is 9.61. The topological polar surface area (TPSA) is 21.3 Å². The minimum Gasteiger partial charge on any atom is -0.496 e. The van der Waals surface area contributed by atoms with E-state index in [1.165, 1.54) is 30.4 Å². The summed E-state index contributed by atoms with van der Waals surface area (Å²) in [4.78, 5) is 0. The largest absolute Gasteiger partial charge is 0.496 e. The Kier molecular flexibility index (Phi) is 5.47. The van der Waals surface area contributed by atoms with Gasteiger partial charge in [0.1, 0.15) is 5.75 Å². The van der Waals surface area contributed by atoms with Crippen LogP contribution in [0, 0.1) is 18.8 Å². The van der Waals surface area contributed by atoms with Crippen molar-refractivity contribution in [1.82, 2.24) is 5.32 Å². The zero-order chi connectivity index (χ0) is 14.5. The van der Waals surface area contributed by atoms with Gasteiger partial charge in [0.15, 0.2) is 0 Å². The number of methoxy groups -OCH3 is 1. The lowest BCUT2D eigenvalue weighted by Crippen LogP contribution is -2.27. The highest BCUT2D eigenvalue weighted by Crippen LogP contribution is 2.43. The lowest BCUT2D eigenvalue weighted by Gasteiger charge is -2.23. The van der Waals surface area contributed by atoms with Crippen LogP contribution in [0.25, 0.3) is 0 Å². The molecule has 2 unspecified atom stereocenters. The maximum atomic E-state index is 5.58. The Hall–Kier alpha value is -1.02. The number of ether oxygens (including phenoxy) is 1. The van der Waals surface area contributed by atoms with Crippen molar-refractivity contribution < 1.29 is 4.74 Å². The quantitative estimate of drug-likeness (QED) is 0.842. The molecular formula is C18H29NO. The number of hydrogen-bond donors (Lipinski definition) is 1. The van der Waals surface area contributed by atoms with Crippen molar-refractivity contribution in [3.05, 3.63) is 29.3 Å². The monoisotopic (exact) mass is 275 g/mol. The Morgan fingerprint density at radius 3 is 2.80 bits per heavy atom. The molecule has 1 aromatic rings. The molecule has 1 aliphatic carbocycles. The van der Waals surface area contributed by atoms with E-state index in [-0.39, 0.29) is 0 Å². The predicted molar refractivity (Wildman–Crippen MR) is 85.5 cm³/mol. The summed E-state index contributed by atoms with van der Waals surface area (Å²) in [6, 6.07) is 6.59. The van der Waals surface area contributed by atoms with Gasteiger partial charge in [0.05, 0.1) is 7.11 Å². The molecule has 1 fully saturated rings. The average Bonchev–Trinajstić information content (AvgIpc) is 2.86. The molecule has 0 amide bonds. The molecule has 0 aromatic heterocycles. The summed E-state index contributed by atoms with van der Waals surface area (Å²) in [5.41, 5.74) is 2.75. The van der Waals surface area contributed by atoms with Gasteiger partial charge < -0.3 is 10.1 Å². The Morgan fingerprint density at radius 1 is 1.30 bits per heavy atom. The van der Waals surface area contributed by atoms with Crippen molar-refractivity contribution in [2.45, 2.75) is 46.0 Å². The minimum absolute atomic E-state index is 0.657. The van der Waals surface area contributed by atoms with E-state index in [1.807, 2.05) is 0 Å². The zero-order valence-corrected chi connectivity index (χ0v) is 13.4. The van der Waals surface area contributed by atoms with E-state index in [2.05, 4.69) is 44.3 Å². The summed E-state index contributed by atoms with van der Waals surface area (Å²) in [6.07, 6.45) is 3.98. The van der Waals surface area contributed by atoms with E-state index >= 15 is 0 Å². The third-order valence-corrected chi connectivity index (χ3v) is 4.40. The lowest BCUT2D eigenvalue weighted by atomic mass is 9.87. The van der Waals surface area contributed by atoms with E-state index in [0.717, 1.165) is 30.7 Å². The molecule has 20 heavy (non-hydrogen) atoms. The second-order valence-electron chi connectivity index (χ2n) is 6.59. The highest BCUT2D eigenvalue weighted by Gasteiger charge is 2.30. The van der Waals surface area contributed by atoms with Gasteiger partial charge in [0.2, 0.25) is 0 Å². The van der Waals surface area contributed by atoms with Gasteiger partial charge in [0, 0.05) is 0 Å². The van der Waals surface area contributed by atoms with Crippen molar-refractivity contribution in [2.24, 2.45) is 11.8 Å². The molecule has 112 valence electrons. The molecule has 0 spiro atoms. The first kappa shape index (κ1) is 15.4. The molecule has 1 N–H and O–H groups in total. The van der Waals surface area contributed by atoms with Crippen LogP contribution in [0.15, 0.2) is 18.2 Å². The molecule has 2 nitrogen and oxygen atoms in total. The molecule has 0 radical (unpaired) electrons. The van der Waals surface area contributed by atoms with Crippen molar-refractivity contribution >= 4 is 0 Å². The van der Waals surface area contributed by atoms with Gasteiger partial charge in [-0.1, -0.05) is 38.0 Å². The summed E-state index contributed by atoms with van der Waals surface area (Å²) in [6.45, 7) is 8.96. The van der Waals surface area contributed by atoms with E-state index < -0.39 is 0 Å². The minimum atomic E-state index is 0.657. The van der Waals surface area contributed by atoms with Crippen molar-refractivity contribution in [3.8, 4) is 5.75 Å². The number of aryl methyl sites for hydroxylation is 1. The van der Waals surface area contributed by atoms with Crippen LogP contribution in [0.5, 0.6) is 5.75 Å². The van der Waals surface area contributed by atoms with E-state index in [1.54, 1.807) is 7.11 Å². The van der Waals surface area contributed by atoms with E-state index in [0.29, 0.717) is 5.92 Å². The van der Waals surface area contributed by atoms with Crippen LogP contribution in [0.4, 0.5) is 0 Å². The third-order valence-electron chi connectivity index (χ3n) is 4.40. The maximum Gasteiger partial charge on any atom is 0.122 e. The predicted octanol–water partition coefficient (Wildman–Crippen LogP) is 4.13. The summed E-state index contributed by atoms with van der Waals surface area (Å²) in [5, 5.41) is 3.64. The molecule has 0 heterocycles. The Morgan fingerprint density at radius 2 is 2.10 bits per heavy atom. The van der Waals surface area contributed by atoms with Crippen LogP contribution in [-0.4, -0.2) is 20.2 Å². The van der Waals surface area contributed by atoms with Gasteiger partial charge >= 0.3 is 0 Å². The SMILES string of the molecule is COc1ccc(C)cc1C1CCCC1CNCC(C)C. The molecule has 1 aromatic carbocycles. The summed E-state index contributed by atoms with van der Waals surface area (Å²) < 4.78 is 5.58. The highest BCUT2D eigenvalue weighted by molar-refractivity contribution is 5.40. The number of nitrogens with one attached hydrogen (secondary N) is 1. The van der Waals surface area contributed by atoms with Crippen LogP contribution in [0.2, 0.25) is 0 Å². The Balaban J connectivity index is 2.08. The fourth-order valence-corrected chi connectivity index (χ4v) is 3.39. The average molecular weight is 275 g/mol. The summed E-state index contributed by atoms with van der Waals surface area (Å²) >= 11 is 0. The van der Waals surface area contributed by atoms with Crippen LogP contribution in [0.3, 0.4) is 0 Å². The number of benzene rings is 1. The van der Waals surface area contributed by atoms with Crippen molar-refractivity contribution in [1.29, 1.82) is 0 Å². The van der Waals surface area contributed by atoms with Crippen LogP contribution < -0.4 is 10.1 Å². The normalized spacial score (nSPS) is 22.4. The van der Waals surface area contributed by atoms with Gasteiger partial charge in [-0.05, 0) is 62.2 Å². The summed E-state index contributed by atoms with van der Waals surface area (Å²) in [5.74, 6) is 3.20. The van der Waals surface area contributed by atoms with Gasteiger partial charge in [0.25, 0.3) is 0 Å². The van der Waals surface area contributed by atoms with Crippen LogP contribution in [-0.2, 0) is 0 Å². The van der Waals surface area contributed by atoms with Gasteiger partial charge in [-0.25, -0.2) is 0 Å². The first-order valence-corrected chi connectivity index (χ1v) is 7.97. The van der Waals surface area contributed by atoms with Crippen LogP contribution >= 0.6 is 0 Å². The molecule has 2 rings (SSSR count). The fraction of sp³-hybridized carbons (Fsp3) is 0.667. The van der Waals surface area contributed by atoms with Gasteiger partial charge in [-0.15, -0.1) is 0 Å². The zero-order valence-electron chi connectivity index (χ0n) is 13.4. The lowest BCUT2D eigenvalue weighted by molar-refractivity contribution is 0.385. The molecule has 2 atom stereocenters. The molecule has 0 bridgehead atoms. The second kappa shape index (κ2) is 7.12. The van der Waals surface area contributed by atoms with E-state index in [9.17, 15) is 0 Å². The molecule has 2 heteroatoms. The molecule has 1 aliphatic rings. The van der Waals surface area contributed by atoms with Crippen molar-refractivity contribution in [2.75, 3.05) is 20.2 Å². The Bertz CT molecular complexity index is 427. The van der Waals surface area contributed by atoms with E-state index in [4.69, 9.17) is 4.74 Å². The molecule has 0 aliphatic heterocycles. The van der Waals surface area contributed by atoms with Crippen LogP contribution in [0.1, 0.15) is 50.2 Å². The van der Waals surface area contributed by atoms with Crippen molar-refractivity contribution in [3.63, 3.8) is 0 Å². The fourth-order valence-electron chi connectivity index (χ4n) is 3.39. The summed E-state index contributed by atoms with van der Waals surface area (Å²) in [7, 11) is 1.79. The molecule has 0 saturated heterocycles. The molecule has 1 saturated carbocycles. The standard InChI is InChI=1S/C18H29NO/c1-13(2)11-19-12-15-6-5-7-16(15)17-10-14(3)8-9-18(17)20-4/h8-10,13,15-16,19H,5-7,11-12H2,1-4H3. The number of hydrogen-bond acceptors (Lipinski definition) is 2. The number of rotatable bonds is 6. The van der Waals surface area contributed by atoms with Gasteiger partial charge in [-0.3, -0.25) is 0 Å². The van der Waals surface area contributed by atoms with Gasteiger partial charge in [-0.2, -0.15) is 0 Å². The Labute approximate surface area is 123 Å². The maximum absolute atomic E-state index is 5.58. The first-order valence-electron chi connectivity index (χ1n) is 7.97. The third kappa shape index (κ3) is 3.76.